The second-order valence-electron chi connectivity index (χ2n) is 1.78. The van der Waals surface area contributed by atoms with Crippen LogP contribution in [0.4, 0.5) is 0 Å². The minimum Gasteiger partial charge on any atom is -0.379 e. The third-order valence-corrected chi connectivity index (χ3v) is 1.08. The van der Waals surface area contributed by atoms with Crippen LogP contribution in [0.15, 0.2) is 29.5 Å². The highest BCUT2D eigenvalue weighted by molar-refractivity contribution is 5.21. The van der Waals surface area contributed by atoms with Gasteiger partial charge in [0.25, 0.3) is 0 Å². The number of allylic oxidation sites excluding steroid dienone is 2. The third-order valence-electron chi connectivity index (χ3n) is 1.08. The molecule has 0 aromatic carbocycles. The van der Waals surface area contributed by atoms with Crippen LogP contribution >= 0.6 is 0 Å². The van der Waals surface area contributed by atoms with Gasteiger partial charge in [-0.2, -0.15) is 0 Å². The number of nitrogens with one attached hydrogen (secondary N) is 1. The minimum absolute atomic E-state index is 0.386. The second-order valence-corrected chi connectivity index (χ2v) is 1.78. The Bertz CT molecular complexity index is 200. The molecule has 0 aromatic rings. The maximum atomic E-state index is 7.97. The summed E-state index contributed by atoms with van der Waals surface area (Å²) in [6.07, 6.45) is 7.43. The number of rotatable bonds is 2. The van der Waals surface area contributed by atoms with Gasteiger partial charge < -0.3 is 5.32 Å². The van der Waals surface area contributed by atoms with Crippen molar-refractivity contribution in [3.05, 3.63) is 40.9 Å². The van der Waals surface area contributed by atoms with Crippen molar-refractivity contribution in [2.75, 3.05) is 6.54 Å². The molecule has 1 radical (unpaired) electrons. The molecule has 1 heterocycles. The molecule has 10 heavy (non-hydrogen) atoms. The molecule has 0 aromatic heterocycles. The Hall–Kier alpha value is -1.41. The first-order valence-corrected chi connectivity index (χ1v) is 2.90. The van der Waals surface area contributed by atoms with Gasteiger partial charge in [-0.1, -0.05) is 17.3 Å². The first-order valence-electron chi connectivity index (χ1n) is 2.90. The van der Waals surface area contributed by atoms with E-state index in [1.165, 1.54) is 0 Å². The molecule has 4 nitrogen and oxygen atoms in total. The van der Waals surface area contributed by atoms with Crippen LogP contribution in [0, 0.1) is 6.04 Å². The summed E-state index contributed by atoms with van der Waals surface area (Å²) in [6.45, 7) is 0.386. The molecule has 1 N–H and O–H groups in total. The molecule has 1 aliphatic heterocycles. The predicted molar refractivity (Wildman–Crippen MR) is 38.7 cm³/mol. The molecule has 0 fully saturated rings. The van der Waals surface area contributed by atoms with Gasteiger partial charge in [-0.05, 0) is 17.8 Å². The molecule has 0 amide bonds. The maximum absolute atomic E-state index is 7.97. The van der Waals surface area contributed by atoms with Crippen molar-refractivity contribution in [3.8, 4) is 0 Å². The number of hydrogen-bond donors (Lipinski definition) is 1. The average Bonchev–Trinajstić information content (AvgIpc) is 2.03. The van der Waals surface area contributed by atoms with Crippen LogP contribution < -0.4 is 5.32 Å². The standard InChI is InChI=1S/C6H7N4/c7-10-9-5-6-3-1-2-4-8-6/h1-4,8H,5H2. The molecular formula is C6H7N4. The van der Waals surface area contributed by atoms with E-state index < -0.39 is 0 Å². The van der Waals surface area contributed by atoms with Crippen molar-refractivity contribution >= 4 is 0 Å². The van der Waals surface area contributed by atoms with E-state index in [2.05, 4.69) is 15.3 Å². The lowest BCUT2D eigenvalue weighted by Gasteiger charge is -2.10. The Morgan fingerprint density at radius 1 is 1.60 bits per heavy atom. The molecule has 0 bridgehead atoms. The lowest BCUT2D eigenvalue weighted by atomic mass is 10.2. The highest BCUT2D eigenvalue weighted by Gasteiger charge is 2.01. The topological polar surface area (TPSA) is 60.8 Å². The molecule has 0 atom stereocenters. The zero-order valence-electron chi connectivity index (χ0n) is 5.36. The van der Waals surface area contributed by atoms with Crippen molar-refractivity contribution in [2.24, 2.45) is 5.11 Å². The quantitative estimate of drug-likeness (QED) is 0.348. The van der Waals surface area contributed by atoms with E-state index in [1.54, 1.807) is 6.20 Å². The molecule has 4 heteroatoms. The van der Waals surface area contributed by atoms with Gasteiger partial charge in [-0.15, -0.1) is 0 Å². The van der Waals surface area contributed by atoms with E-state index in [0.717, 1.165) is 6.04 Å². The van der Waals surface area contributed by atoms with Crippen LogP contribution in [0.1, 0.15) is 0 Å². The largest absolute Gasteiger partial charge is 0.379 e. The Morgan fingerprint density at radius 2 is 2.50 bits per heavy atom. The molecular weight excluding hydrogens is 128 g/mol. The minimum atomic E-state index is 0.386. The monoisotopic (exact) mass is 135 g/mol. The summed E-state index contributed by atoms with van der Waals surface area (Å²) < 4.78 is 0. The fraction of sp³-hybridized carbons (Fsp3) is 0.167. The average molecular weight is 135 g/mol. The third kappa shape index (κ3) is 1.84. The predicted octanol–water partition coefficient (Wildman–Crippen LogP) is 1.50. The van der Waals surface area contributed by atoms with Gasteiger partial charge >= 0.3 is 0 Å². The van der Waals surface area contributed by atoms with Crippen LogP contribution in [0.5, 0.6) is 0 Å². The summed E-state index contributed by atoms with van der Waals surface area (Å²) in [5.74, 6) is 0. The van der Waals surface area contributed by atoms with E-state index in [4.69, 9.17) is 5.53 Å². The van der Waals surface area contributed by atoms with Crippen LogP contribution in [0.3, 0.4) is 0 Å². The lowest BCUT2D eigenvalue weighted by Crippen LogP contribution is -2.16. The molecule has 1 rings (SSSR count). The van der Waals surface area contributed by atoms with E-state index in [9.17, 15) is 0 Å². The van der Waals surface area contributed by atoms with E-state index in [1.807, 2.05) is 18.2 Å². The van der Waals surface area contributed by atoms with E-state index >= 15 is 0 Å². The van der Waals surface area contributed by atoms with Gasteiger partial charge in [-0.25, -0.2) is 0 Å². The summed E-state index contributed by atoms with van der Waals surface area (Å²) >= 11 is 0. The van der Waals surface area contributed by atoms with Gasteiger partial charge in [0.15, 0.2) is 0 Å². The van der Waals surface area contributed by atoms with Crippen LogP contribution in [0.2, 0.25) is 0 Å². The zero-order valence-corrected chi connectivity index (χ0v) is 5.36. The van der Waals surface area contributed by atoms with Gasteiger partial charge in [0.05, 0.1) is 12.6 Å². The van der Waals surface area contributed by atoms with Crippen LogP contribution in [0.25, 0.3) is 10.4 Å². The van der Waals surface area contributed by atoms with E-state index in [0.29, 0.717) is 6.54 Å². The van der Waals surface area contributed by atoms with Crippen molar-refractivity contribution in [2.45, 2.75) is 0 Å². The highest BCUT2D eigenvalue weighted by Crippen LogP contribution is 2.02. The van der Waals surface area contributed by atoms with Gasteiger partial charge in [0.2, 0.25) is 0 Å². The molecule has 0 saturated carbocycles. The van der Waals surface area contributed by atoms with Crippen molar-refractivity contribution in [1.29, 1.82) is 0 Å². The zero-order chi connectivity index (χ0) is 7.23. The first-order chi connectivity index (χ1) is 4.93. The van der Waals surface area contributed by atoms with Crippen molar-refractivity contribution in [1.82, 2.24) is 5.32 Å². The molecule has 0 saturated heterocycles. The first kappa shape index (κ1) is 6.71. The normalized spacial score (nSPS) is 16.0. The van der Waals surface area contributed by atoms with Crippen LogP contribution in [-0.4, -0.2) is 6.54 Å². The number of hydrogen-bond acceptors (Lipinski definition) is 2. The molecule has 0 aliphatic carbocycles. The van der Waals surface area contributed by atoms with E-state index in [-0.39, 0.29) is 0 Å². The van der Waals surface area contributed by atoms with Gasteiger partial charge in [0, 0.05) is 4.91 Å². The SMILES string of the molecule is [N-]=[N+]=NC[C]1C=CC=CN1. The summed E-state index contributed by atoms with van der Waals surface area (Å²) in [6, 6.07) is 0.917. The fourth-order valence-corrected chi connectivity index (χ4v) is 0.637. The maximum Gasteiger partial charge on any atom is 0.0878 e. The van der Waals surface area contributed by atoms with Gasteiger partial charge in [0.1, 0.15) is 0 Å². The smallest absolute Gasteiger partial charge is 0.0878 e. The summed E-state index contributed by atoms with van der Waals surface area (Å²) in [5.41, 5.74) is 7.97. The Labute approximate surface area is 58.9 Å². The second kappa shape index (κ2) is 3.58. The Morgan fingerprint density at radius 3 is 3.10 bits per heavy atom. The van der Waals surface area contributed by atoms with Gasteiger partial charge in [-0.3, -0.25) is 0 Å². The fourth-order valence-electron chi connectivity index (χ4n) is 0.637. The molecule has 0 spiro atoms. The molecule has 1 aliphatic rings. The number of azide groups is 1. The summed E-state index contributed by atoms with van der Waals surface area (Å²) in [5, 5.41) is 6.33. The number of nitrogens with zero attached hydrogens (tertiary/aromatic N) is 3. The molecule has 51 valence electrons. The highest BCUT2D eigenvalue weighted by atomic mass is 15.1. The molecule has 0 unspecified atom stereocenters. The van der Waals surface area contributed by atoms with Crippen molar-refractivity contribution in [3.63, 3.8) is 0 Å². The Kier molecular flexibility index (Phi) is 2.40. The lowest BCUT2D eigenvalue weighted by molar-refractivity contribution is 0.852. The van der Waals surface area contributed by atoms with Crippen LogP contribution in [-0.2, 0) is 0 Å². The number of dihydropyridines is 1. The summed E-state index contributed by atoms with van der Waals surface area (Å²) in [4.78, 5) is 2.64. The Balaban J connectivity index is 2.36. The summed E-state index contributed by atoms with van der Waals surface area (Å²) in [7, 11) is 0. The van der Waals surface area contributed by atoms with Crippen molar-refractivity contribution < 1.29 is 0 Å².